The van der Waals surface area contributed by atoms with E-state index < -0.39 is 253 Å². The Morgan fingerprint density at radius 1 is 0.239 bits per heavy atom. The number of ether oxygens (including phenoxy) is 30. The van der Waals surface area contributed by atoms with E-state index in [0.29, 0.717) is 16.7 Å². The molecular weight excluding hydrogens is 2880 g/mol. The first-order valence-electron chi connectivity index (χ1n) is 44.1. The zero-order valence-electron chi connectivity index (χ0n) is 78.9. The Kier molecular flexibility index (Phi) is 56.7. The summed E-state index contributed by atoms with van der Waals surface area (Å²) >= 11 is 0. The average Bonchev–Trinajstić information content (AvgIpc) is 0.760. The van der Waals surface area contributed by atoms with Gasteiger partial charge in [-0.25, -0.2) is 9.59 Å². The van der Waals surface area contributed by atoms with E-state index >= 15 is 9.59 Å². The fourth-order valence-corrected chi connectivity index (χ4v) is 17.8. The number of aliphatic hydroxyl groups excluding tert-OH is 6. The topological polar surface area (TPSA) is 432 Å². The van der Waals surface area contributed by atoms with E-state index in [9.17, 15) is 30.6 Å². The Labute approximate surface area is 982 Å². The maximum absolute atomic E-state index is 15.5. The Morgan fingerprint density at radius 2 is 0.493 bits per heavy atom. The third-order valence-electron chi connectivity index (χ3n) is 24.6. The largest absolute Gasteiger partial charge is 0.459 e. The number of aliphatic hydroxyl groups is 6. The molecule has 7 fully saturated rings. The van der Waals surface area contributed by atoms with Gasteiger partial charge >= 0.3 is 11.9 Å². The van der Waals surface area contributed by atoms with Crippen molar-refractivity contribution in [3.8, 4) is 0 Å². The summed E-state index contributed by atoms with van der Waals surface area (Å²) in [5.74, 6) is -2.02. The molecule has 138 heavy (non-hydrogen) atoms. The van der Waals surface area contributed by atoms with Gasteiger partial charge < -0.3 is 173 Å². The smallest absolute Gasteiger partial charge is 0.338 e. The monoisotopic (exact) mass is 3010 g/mol. The van der Waals surface area contributed by atoms with Crippen LogP contribution in [0.3, 0.4) is 0 Å². The summed E-state index contributed by atoms with van der Waals surface area (Å²) in [4.78, 5) is 30.8. The third-order valence-corrected chi connectivity index (χ3v) is 24.6. The molecule has 0 spiro atoms. The minimum atomic E-state index is -1.92. The van der Waals surface area contributed by atoms with Crippen molar-refractivity contribution in [1.29, 1.82) is 0 Å². The molecule has 7 aliphatic heterocycles. The Bertz CT molecular complexity index is 4340. The molecule has 0 aromatic heterocycles. The van der Waals surface area contributed by atoms with Crippen molar-refractivity contribution in [2.24, 2.45) is 0 Å². The second-order valence-corrected chi connectivity index (χ2v) is 32.6. The quantitative estimate of drug-likeness (QED) is 0.0298. The van der Waals surface area contributed by atoms with E-state index in [2.05, 4.69) is 0 Å². The van der Waals surface area contributed by atoms with Gasteiger partial charge in [-0.2, -0.15) is 0 Å². The van der Waals surface area contributed by atoms with Gasteiger partial charge in [0.25, 0.3) is 0 Å². The molecule has 0 aliphatic carbocycles. The van der Waals surface area contributed by atoms with Crippen LogP contribution in [0, 0.1) is 220 Å². The second kappa shape index (κ2) is 63.4. The molecule has 5 radical (unpaired) electrons. The van der Waals surface area contributed by atoms with Crippen LogP contribution in [0.25, 0.3) is 0 Å². The van der Waals surface area contributed by atoms with Crippen molar-refractivity contribution in [3.63, 3.8) is 0 Å². The normalized spacial score (nSPS) is 34.7. The molecule has 35 atom stereocenters. The van der Waals surface area contributed by atoms with Gasteiger partial charge in [0.15, 0.2) is 56.2 Å². The zero-order valence-corrected chi connectivity index (χ0v) is 103. The van der Waals surface area contributed by atoms with Gasteiger partial charge in [0, 0.05) is 299 Å². The molecule has 13 rings (SSSR count). The third kappa shape index (κ3) is 31.4. The van der Waals surface area contributed by atoms with E-state index in [0.717, 1.165) is 16.7 Å². The van der Waals surface area contributed by atoms with Crippen LogP contribution in [-0.2, 0) is 191 Å². The van der Waals surface area contributed by atoms with Crippen molar-refractivity contribution in [3.05, 3.63) is 215 Å². The number of hydrogen-bond acceptors (Lipinski definition) is 38. The molecule has 6 N–H and O–H groups in total. The molecule has 749 valence electrons. The fraction of sp³-hybridized carbons (Fsp3) is 0.600. The number of carbonyl (C=O) groups excluding carboxylic acids is 2. The molecule has 43 heteroatoms. The molecule has 0 bridgehead atoms. The first-order valence-corrected chi connectivity index (χ1v) is 44.1. The average molecular weight is 3010 g/mol. The maximum atomic E-state index is 15.5. The van der Waals surface area contributed by atoms with Crippen LogP contribution in [0.1, 0.15) is 33.4 Å². The van der Waals surface area contributed by atoms with Crippen LogP contribution in [0.4, 0.5) is 0 Å². The number of benzene rings is 6. The Morgan fingerprint density at radius 3 is 0.826 bits per heavy atom. The van der Waals surface area contributed by atoms with E-state index in [1.807, 2.05) is 97.1 Å². The first-order chi connectivity index (χ1) is 65.0. The van der Waals surface area contributed by atoms with Gasteiger partial charge in [-0.05, 0) is 33.4 Å². The molecule has 6 aromatic rings. The molecule has 0 amide bonds. The summed E-state index contributed by atoms with van der Waals surface area (Å²) in [6.45, 7) is -3.57. The van der Waals surface area contributed by atoms with Crippen LogP contribution < -0.4 is 0 Å². The molecule has 7 saturated heterocycles. The first kappa shape index (κ1) is 123. The fourth-order valence-electron chi connectivity index (χ4n) is 17.8. The van der Waals surface area contributed by atoms with Crippen LogP contribution in [0.15, 0.2) is 182 Å². The SMILES string of the molecule is COC1C(OC)[C@H](O[C@H]2O[C@@H](CO)[C@@H](O[C@@H]3OC(C(=O)OCc4ccccc4)[C@@H](O[C@H]4OC(CO)[C@@H](O[C@H]5OC(CO)[C@@H](O[C@H]6OC(CO)[C@@H](O)[C@H](OC)C6OC)[C@H](OC)C5OC)[C@H](OC)C4OC)[C@H](OC)C3OC)C(O)C2OCc2ccccc2)[C@H](C(=O)OCc2ccccc2)O[C@@H]1O[C@H]1C(COCc2ccccc2)O[C@H](OC)C(OCc2ccccc2)[C@H]1OCc1ccccc1.[Ac].[Ac].[Ac].[Ac].[Ac]. The number of methoxy groups -OCH3 is 11. The van der Waals surface area contributed by atoms with E-state index in [1.165, 1.54) is 78.2 Å². The zero-order chi connectivity index (χ0) is 94.0. The van der Waals surface area contributed by atoms with Gasteiger partial charge in [0.05, 0.1) is 59.5 Å². The van der Waals surface area contributed by atoms with Crippen LogP contribution in [0.5, 0.6) is 0 Å². The Balaban J connectivity index is 0.00000467. The van der Waals surface area contributed by atoms with E-state index in [-0.39, 0.29) is 267 Å². The molecular formula is C95H126Ac5O38. The molecule has 0 saturated carbocycles. The number of esters is 2. The summed E-state index contributed by atoms with van der Waals surface area (Å²) < 4.78 is 194. The number of carbonyl (C=O) groups is 2. The van der Waals surface area contributed by atoms with E-state index in [4.69, 9.17) is 142 Å². The van der Waals surface area contributed by atoms with Gasteiger partial charge in [-0.1, -0.05) is 182 Å². The van der Waals surface area contributed by atoms with Crippen molar-refractivity contribution >= 4 is 11.9 Å². The van der Waals surface area contributed by atoms with Crippen molar-refractivity contribution in [1.82, 2.24) is 0 Å². The minimum Gasteiger partial charge on any atom is -0.459 e. The van der Waals surface area contributed by atoms with Crippen LogP contribution >= 0.6 is 0 Å². The molecule has 14 unspecified atom stereocenters. The number of hydrogen-bond donors (Lipinski definition) is 6. The second-order valence-electron chi connectivity index (χ2n) is 32.6. The van der Waals surface area contributed by atoms with Crippen LogP contribution in [0.2, 0.25) is 0 Å². The molecule has 7 heterocycles. The van der Waals surface area contributed by atoms with Gasteiger partial charge in [-0.3, -0.25) is 0 Å². The molecule has 38 nitrogen and oxygen atoms in total. The summed E-state index contributed by atoms with van der Waals surface area (Å²) in [6.07, 6.45) is -49.3. The van der Waals surface area contributed by atoms with Crippen LogP contribution in [-0.4, -0.2) is 369 Å². The predicted molar refractivity (Wildman–Crippen MR) is 459 cm³/mol. The van der Waals surface area contributed by atoms with Crippen molar-refractivity contribution < 1.29 is 403 Å². The van der Waals surface area contributed by atoms with E-state index in [1.54, 1.807) is 84.9 Å². The maximum Gasteiger partial charge on any atom is 0.338 e. The Hall–Kier alpha value is 0.108. The minimum absolute atomic E-state index is 0. The van der Waals surface area contributed by atoms with Crippen molar-refractivity contribution in [2.45, 2.75) is 255 Å². The standard InChI is InChI=1S/C95H126O38.5Ac/c1-104-70-64(100)59(42-96)121-91(81(70)109-6)127-67-61(44-98)123-92(82(110-7)72(67)105-2)128-68-62(45-99)124-93(83(111-8)73(68)106-3)131-78-75(108-5)84(112-9)94(132-80(78)88(103)120-51-58-40-28-17-29-41-58)126-66-60(43-97)122-90(71(65(66)101)116-47-54-32-20-13-21-33-54)130-77-74(107-4)85(113-10)95(133-79(77)87(102)119-50-57-38-26-16-27-39-57)129-69-63(52-115-46-53-30-18-12-19-31-53)125-89(114-11)86(118-49-56-36-24-15-25-37-56)76(69)117-48-55-34-22-14-23-35-55;;;;;/h12-41,59-86,89-101H,42-52H2,1-11H3;;;;;/t59?,60-,61?,62?,63?,64+,65?,66+,67+,68+,69-,70-,71?,72-,73-,74?,75-,76-,77-,78-,79+,80?,81?,82?,83?,84?,85?,86?,89-,90+,91+,92+,93+,94+,95-;;;;;/m0...../s1. The van der Waals surface area contributed by atoms with Gasteiger partial charge in [-0.15, -0.1) is 0 Å². The molecule has 7 aliphatic rings. The number of rotatable bonds is 46. The summed E-state index contributed by atoms with van der Waals surface area (Å²) in [6, 6.07) is 55.2. The molecule has 6 aromatic carbocycles. The van der Waals surface area contributed by atoms with Crippen molar-refractivity contribution in [2.75, 3.05) is 111 Å². The summed E-state index contributed by atoms with van der Waals surface area (Å²) in [7, 11) is 14.9. The summed E-state index contributed by atoms with van der Waals surface area (Å²) in [5.41, 5.74) is 4.34. The predicted octanol–water partition coefficient (Wildman–Crippen LogP) is 3.32. The van der Waals surface area contributed by atoms with Gasteiger partial charge in [0.1, 0.15) is 172 Å². The van der Waals surface area contributed by atoms with Gasteiger partial charge in [0.2, 0.25) is 0 Å². The summed E-state index contributed by atoms with van der Waals surface area (Å²) in [5, 5.41) is 68.8.